The van der Waals surface area contributed by atoms with Gasteiger partial charge < -0.3 is 10.1 Å². The predicted molar refractivity (Wildman–Crippen MR) is 141 cm³/mol. The van der Waals surface area contributed by atoms with Crippen LogP contribution in [0, 0.1) is 0 Å². The number of fused-ring (bicyclic) bond motifs is 1. The molecule has 0 bridgehead atoms. The summed E-state index contributed by atoms with van der Waals surface area (Å²) in [5, 5.41) is 3.95. The van der Waals surface area contributed by atoms with Crippen molar-refractivity contribution < 1.29 is 19.1 Å². The van der Waals surface area contributed by atoms with Crippen LogP contribution in [-0.4, -0.2) is 40.2 Å². The first-order valence-electron chi connectivity index (χ1n) is 11.0. The van der Waals surface area contributed by atoms with E-state index in [0.717, 1.165) is 41.7 Å². The number of carbonyl (C=O) groups excluding carboxylic acids is 3. The number of nitrogens with zero attached hydrogens (tertiary/aromatic N) is 1. The third kappa shape index (κ3) is 5.38. The number of thiocarbonyl (C=S) groups is 1. The van der Waals surface area contributed by atoms with Gasteiger partial charge in [-0.1, -0.05) is 53.8 Å². The van der Waals surface area contributed by atoms with E-state index in [2.05, 4.69) is 5.32 Å². The molecule has 1 saturated heterocycles. The number of halogens is 1. The topological polar surface area (TPSA) is 75.7 Å². The Morgan fingerprint density at radius 3 is 2.79 bits per heavy atom. The van der Waals surface area contributed by atoms with Gasteiger partial charge >= 0.3 is 5.97 Å². The molecule has 0 radical (unpaired) electrons. The van der Waals surface area contributed by atoms with E-state index in [4.69, 9.17) is 28.6 Å². The number of esters is 1. The van der Waals surface area contributed by atoms with Gasteiger partial charge in [-0.25, -0.2) is 4.79 Å². The molecule has 0 unspecified atom stereocenters. The number of aryl methyl sites for hydroxylation is 1. The predicted octanol–water partition coefficient (Wildman–Crippen LogP) is 5.69. The molecule has 2 aromatic rings. The van der Waals surface area contributed by atoms with E-state index in [-0.39, 0.29) is 31.4 Å². The summed E-state index contributed by atoms with van der Waals surface area (Å²) in [7, 11) is 0. The summed E-state index contributed by atoms with van der Waals surface area (Å²) < 4.78 is 5.64. The standard InChI is InChI=1S/C24H23ClN2O4S3/c1-2-31-23(30)20-15-8-4-6-10-17(15)33-21(20)26-19(28)11-12-27-22(29)18(34-24(27)32)13-14-7-3-5-9-16(14)25/h3,5,7,9,13H,2,4,6,8,10-12H2,1H3,(H,26,28)/b18-13-. The Morgan fingerprint density at radius 1 is 1.26 bits per heavy atom. The van der Waals surface area contributed by atoms with Gasteiger partial charge in [0.15, 0.2) is 0 Å². The minimum atomic E-state index is -0.404. The molecule has 1 aliphatic heterocycles. The van der Waals surface area contributed by atoms with Crippen LogP contribution in [0.3, 0.4) is 0 Å². The number of rotatable bonds is 7. The molecular weight excluding hydrogens is 512 g/mol. The number of amides is 2. The summed E-state index contributed by atoms with van der Waals surface area (Å²) >= 11 is 14.2. The zero-order chi connectivity index (χ0) is 24.2. The SMILES string of the molecule is CCOC(=O)c1c(NC(=O)CCN2C(=O)/C(=C/c3ccccc3Cl)SC2=S)sc2c1CCCC2. The maximum absolute atomic E-state index is 12.9. The number of nitrogens with one attached hydrogen (secondary N) is 1. The Labute approximate surface area is 216 Å². The van der Waals surface area contributed by atoms with E-state index in [1.165, 1.54) is 28.0 Å². The van der Waals surface area contributed by atoms with E-state index in [1.54, 1.807) is 19.1 Å². The molecular formula is C24H23ClN2O4S3. The quantitative estimate of drug-likeness (QED) is 0.279. The summed E-state index contributed by atoms with van der Waals surface area (Å²) in [6.07, 6.45) is 5.56. The monoisotopic (exact) mass is 534 g/mol. The number of hydrogen-bond acceptors (Lipinski definition) is 7. The number of benzene rings is 1. The van der Waals surface area contributed by atoms with Gasteiger partial charge in [0.25, 0.3) is 5.91 Å². The highest BCUT2D eigenvalue weighted by molar-refractivity contribution is 8.26. The minimum Gasteiger partial charge on any atom is -0.462 e. The number of anilines is 1. The summed E-state index contributed by atoms with van der Waals surface area (Å²) in [5.74, 6) is -0.936. The van der Waals surface area contributed by atoms with Crippen molar-refractivity contribution in [1.82, 2.24) is 4.90 Å². The van der Waals surface area contributed by atoms with Crippen LogP contribution in [0.1, 0.15) is 52.5 Å². The van der Waals surface area contributed by atoms with Crippen LogP contribution in [0.4, 0.5) is 5.00 Å². The summed E-state index contributed by atoms with van der Waals surface area (Å²) in [6, 6.07) is 7.24. The normalized spacial score (nSPS) is 16.6. The maximum Gasteiger partial charge on any atom is 0.341 e. The second-order valence-corrected chi connectivity index (χ2v) is 11.0. The number of ether oxygens (including phenoxy) is 1. The Bertz CT molecular complexity index is 1190. The van der Waals surface area contributed by atoms with Crippen LogP contribution in [-0.2, 0) is 27.2 Å². The largest absolute Gasteiger partial charge is 0.462 e. The highest BCUT2D eigenvalue weighted by Gasteiger charge is 2.33. The van der Waals surface area contributed by atoms with E-state index in [0.29, 0.717) is 24.8 Å². The van der Waals surface area contributed by atoms with Gasteiger partial charge in [-0.05, 0) is 55.9 Å². The third-order valence-electron chi connectivity index (χ3n) is 5.53. The highest BCUT2D eigenvalue weighted by atomic mass is 35.5. The third-order valence-corrected chi connectivity index (χ3v) is 8.46. The van der Waals surface area contributed by atoms with E-state index in [9.17, 15) is 14.4 Å². The van der Waals surface area contributed by atoms with Gasteiger partial charge in [0.1, 0.15) is 9.32 Å². The second-order valence-electron chi connectivity index (χ2n) is 7.79. The molecule has 0 atom stereocenters. The molecule has 1 aliphatic carbocycles. The number of carbonyl (C=O) groups is 3. The molecule has 0 spiro atoms. The van der Waals surface area contributed by atoms with Crippen LogP contribution in [0.5, 0.6) is 0 Å². The first-order chi connectivity index (χ1) is 16.4. The van der Waals surface area contributed by atoms with Crippen molar-refractivity contribution in [2.75, 3.05) is 18.5 Å². The molecule has 1 aromatic heterocycles. The van der Waals surface area contributed by atoms with E-state index < -0.39 is 5.97 Å². The molecule has 1 fully saturated rings. The zero-order valence-electron chi connectivity index (χ0n) is 18.5. The number of thioether (sulfide) groups is 1. The second kappa shape index (κ2) is 11.0. The van der Waals surface area contributed by atoms with Crippen molar-refractivity contribution in [2.24, 2.45) is 0 Å². The van der Waals surface area contributed by atoms with Gasteiger partial charge in [-0.3, -0.25) is 14.5 Å². The van der Waals surface area contributed by atoms with Gasteiger partial charge in [-0.2, -0.15) is 0 Å². The van der Waals surface area contributed by atoms with Gasteiger partial charge in [-0.15, -0.1) is 11.3 Å². The average Bonchev–Trinajstić information content (AvgIpc) is 3.30. The Morgan fingerprint density at radius 2 is 2.03 bits per heavy atom. The Kier molecular flexibility index (Phi) is 8.08. The van der Waals surface area contributed by atoms with Crippen molar-refractivity contribution in [3.63, 3.8) is 0 Å². The molecule has 1 N–H and O–H groups in total. The summed E-state index contributed by atoms with van der Waals surface area (Å²) in [5.41, 5.74) is 2.20. The van der Waals surface area contributed by atoms with Crippen LogP contribution in [0.25, 0.3) is 6.08 Å². The molecule has 34 heavy (non-hydrogen) atoms. The Hall–Kier alpha value is -2.20. The van der Waals surface area contributed by atoms with E-state index in [1.807, 2.05) is 18.2 Å². The van der Waals surface area contributed by atoms with Crippen LogP contribution < -0.4 is 5.32 Å². The lowest BCUT2D eigenvalue weighted by Gasteiger charge is -2.14. The molecule has 2 amide bonds. The van der Waals surface area contributed by atoms with Crippen molar-refractivity contribution in [3.8, 4) is 0 Å². The molecule has 0 saturated carbocycles. The fourth-order valence-corrected chi connectivity index (χ4v) is 6.69. The fourth-order valence-electron chi connectivity index (χ4n) is 3.90. The minimum absolute atomic E-state index is 0.0522. The molecule has 2 aliphatic rings. The molecule has 4 rings (SSSR count). The molecule has 10 heteroatoms. The fraction of sp³-hybridized carbons (Fsp3) is 0.333. The van der Waals surface area contributed by atoms with Crippen molar-refractivity contribution in [1.29, 1.82) is 0 Å². The van der Waals surface area contributed by atoms with E-state index >= 15 is 0 Å². The van der Waals surface area contributed by atoms with Gasteiger partial charge in [0.05, 0.1) is 17.1 Å². The molecule has 2 heterocycles. The zero-order valence-corrected chi connectivity index (χ0v) is 21.7. The first kappa shape index (κ1) is 24.9. The van der Waals surface area contributed by atoms with Gasteiger partial charge in [0, 0.05) is 22.9 Å². The van der Waals surface area contributed by atoms with Gasteiger partial charge in [0.2, 0.25) is 5.91 Å². The molecule has 6 nitrogen and oxygen atoms in total. The lowest BCUT2D eigenvalue weighted by Crippen LogP contribution is -2.31. The van der Waals surface area contributed by atoms with Crippen molar-refractivity contribution in [2.45, 2.75) is 39.0 Å². The van der Waals surface area contributed by atoms with Crippen molar-refractivity contribution in [3.05, 3.63) is 55.8 Å². The number of hydrogen-bond donors (Lipinski definition) is 1. The van der Waals surface area contributed by atoms with Crippen LogP contribution in [0.15, 0.2) is 29.2 Å². The summed E-state index contributed by atoms with van der Waals surface area (Å²) in [4.78, 5) is 41.2. The van der Waals surface area contributed by atoms with Crippen LogP contribution >= 0.6 is 46.9 Å². The molecule has 178 valence electrons. The smallest absolute Gasteiger partial charge is 0.341 e. The maximum atomic E-state index is 12.9. The number of thiophene rings is 1. The summed E-state index contributed by atoms with van der Waals surface area (Å²) in [6.45, 7) is 2.18. The first-order valence-corrected chi connectivity index (χ1v) is 13.4. The molecule has 1 aromatic carbocycles. The Balaban J connectivity index is 1.43. The average molecular weight is 535 g/mol. The van der Waals surface area contributed by atoms with Crippen LogP contribution in [0.2, 0.25) is 5.02 Å². The lowest BCUT2D eigenvalue weighted by atomic mass is 9.95. The highest BCUT2D eigenvalue weighted by Crippen LogP contribution is 2.39. The van der Waals surface area contributed by atoms with Crippen molar-refractivity contribution >= 4 is 80.1 Å². The lowest BCUT2D eigenvalue weighted by molar-refractivity contribution is -0.122.